The minimum absolute atomic E-state index is 0.0591. The molecule has 7 heteroatoms. The second kappa shape index (κ2) is 7.81. The van der Waals surface area contributed by atoms with Gasteiger partial charge in [0, 0.05) is 23.4 Å². The number of rotatable bonds is 5. The van der Waals surface area contributed by atoms with Crippen LogP contribution in [0, 0.1) is 5.92 Å². The average molecular weight is 362 g/mol. The normalized spacial score (nSPS) is 15.2. The van der Waals surface area contributed by atoms with Crippen LogP contribution in [0.4, 0.5) is 0 Å². The van der Waals surface area contributed by atoms with Gasteiger partial charge in [0.1, 0.15) is 5.01 Å². The first-order valence-electron chi connectivity index (χ1n) is 7.77. The Kier molecular flexibility index (Phi) is 5.52. The maximum Gasteiger partial charge on any atom is 0.355 e. The van der Waals surface area contributed by atoms with Crippen LogP contribution < -0.4 is 5.32 Å². The molecule has 126 valence electrons. The molecule has 2 N–H and O–H groups in total. The van der Waals surface area contributed by atoms with Gasteiger partial charge in [0.25, 0.3) is 0 Å². The van der Waals surface area contributed by atoms with Crippen LogP contribution >= 0.6 is 23.1 Å². The number of thioether (sulfide) groups is 1. The second-order valence-electron chi connectivity index (χ2n) is 5.65. The van der Waals surface area contributed by atoms with Crippen LogP contribution in [0.5, 0.6) is 0 Å². The summed E-state index contributed by atoms with van der Waals surface area (Å²) in [6.45, 7) is 0.480. The van der Waals surface area contributed by atoms with E-state index in [-0.39, 0.29) is 17.5 Å². The number of benzene rings is 1. The predicted molar refractivity (Wildman–Crippen MR) is 96.4 cm³/mol. The van der Waals surface area contributed by atoms with Crippen LogP contribution in [0.15, 0.2) is 29.6 Å². The largest absolute Gasteiger partial charge is 0.476 e. The molecule has 1 fully saturated rings. The van der Waals surface area contributed by atoms with Crippen molar-refractivity contribution in [1.29, 1.82) is 0 Å². The maximum atomic E-state index is 12.2. The van der Waals surface area contributed by atoms with E-state index in [9.17, 15) is 9.59 Å². The van der Waals surface area contributed by atoms with Crippen molar-refractivity contribution in [3.63, 3.8) is 0 Å². The highest BCUT2D eigenvalue weighted by Crippen LogP contribution is 2.25. The van der Waals surface area contributed by atoms with Crippen molar-refractivity contribution >= 4 is 35.0 Å². The Bertz CT molecular complexity index is 739. The molecule has 1 aliphatic heterocycles. The van der Waals surface area contributed by atoms with Crippen LogP contribution in [0.2, 0.25) is 0 Å². The highest BCUT2D eigenvalue weighted by atomic mass is 32.2. The summed E-state index contributed by atoms with van der Waals surface area (Å²) >= 11 is 3.21. The van der Waals surface area contributed by atoms with Gasteiger partial charge in [-0.3, -0.25) is 4.79 Å². The number of nitrogens with zero attached hydrogens (tertiary/aromatic N) is 1. The monoisotopic (exact) mass is 362 g/mol. The van der Waals surface area contributed by atoms with Gasteiger partial charge < -0.3 is 10.4 Å². The van der Waals surface area contributed by atoms with Crippen LogP contribution in [0.1, 0.15) is 28.9 Å². The van der Waals surface area contributed by atoms with E-state index in [1.165, 1.54) is 16.7 Å². The molecule has 0 aliphatic carbocycles. The Hall–Kier alpha value is -1.86. The number of thiazole rings is 1. The summed E-state index contributed by atoms with van der Waals surface area (Å²) in [5.41, 5.74) is 1.91. The quantitative estimate of drug-likeness (QED) is 0.853. The maximum absolute atomic E-state index is 12.2. The molecular formula is C17H18N2O3S2. The van der Waals surface area contributed by atoms with Gasteiger partial charge in [0.15, 0.2) is 5.69 Å². The molecule has 0 bridgehead atoms. The molecule has 3 rings (SSSR count). The molecule has 0 radical (unpaired) electrons. The lowest BCUT2D eigenvalue weighted by molar-refractivity contribution is -0.125. The Morgan fingerprint density at radius 3 is 2.79 bits per heavy atom. The lowest BCUT2D eigenvalue weighted by Gasteiger charge is -2.20. The molecule has 2 heterocycles. The first-order valence-corrected chi connectivity index (χ1v) is 9.80. The molecule has 1 saturated heterocycles. The van der Waals surface area contributed by atoms with E-state index in [1.54, 1.807) is 0 Å². The molecule has 24 heavy (non-hydrogen) atoms. The minimum atomic E-state index is -1.02. The minimum Gasteiger partial charge on any atom is -0.476 e. The van der Waals surface area contributed by atoms with Crippen molar-refractivity contribution in [3.8, 4) is 10.6 Å². The SMILES string of the molecule is O=C(O)c1csc(-c2cccc(CNC(=O)C3CCSCC3)c2)n1. The highest BCUT2D eigenvalue weighted by molar-refractivity contribution is 7.99. The molecule has 2 aromatic rings. The Morgan fingerprint density at radius 2 is 2.08 bits per heavy atom. The molecule has 1 amide bonds. The summed E-state index contributed by atoms with van der Waals surface area (Å²) in [5.74, 6) is 1.36. The van der Waals surface area contributed by atoms with E-state index in [0.29, 0.717) is 11.6 Å². The molecule has 1 aromatic heterocycles. The summed E-state index contributed by atoms with van der Waals surface area (Å²) in [5, 5.41) is 14.2. The van der Waals surface area contributed by atoms with Gasteiger partial charge in [0.05, 0.1) is 0 Å². The highest BCUT2D eigenvalue weighted by Gasteiger charge is 2.20. The summed E-state index contributed by atoms with van der Waals surface area (Å²) in [6.07, 6.45) is 1.90. The fourth-order valence-electron chi connectivity index (χ4n) is 2.61. The third kappa shape index (κ3) is 4.15. The zero-order valence-electron chi connectivity index (χ0n) is 13.0. The third-order valence-electron chi connectivity index (χ3n) is 3.96. The van der Waals surface area contributed by atoms with Crippen molar-refractivity contribution in [1.82, 2.24) is 10.3 Å². The number of aromatic nitrogens is 1. The molecular weight excluding hydrogens is 344 g/mol. The van der Waals surface area contributed by atoms with Gasteiger partial charge >= 0.3 is 5.97 Å². The first-order chi connectivity index (χ1) is 11.6. The van der Waals surface area contributed by atoms with Gasteiger partial charge in [-0.2, -0.15) is 11.8 Å². The zero-order valence-corrected chi connectivity index (χ0v) is 14.7. The Morgan fingerprint density at radius 1 is 1.29 bits per heavy atom. The van der Waals surface area contributed by atoms with E-state index in [1.807, 2.05) is 36.0 Å². The van der Waals surface area contributed by atoms with Gasteiger partial charge in [-0.15, -0.1) is 11.3 Å². The van der Waals surface area contributed by atoms with Crippen molar-refractivity contribution in [3.05, 3.63) is 40.9 Å². The number of carboxylic acids is 1. The number of carbonyl (C=O) groups excluding carboxylic acids is 1. The topological polar surface area (TPSA) is 79.3 Å². The van der Waals surface area contributed by atoms with Gasteiger partial charge in [0.2, 0.25) is 5.91 Å². The first kappa shape index (κ1) is 17.0. The smallest absolute Gasteiger partial charge is 0.355 e. The third-order valence-corrected chi connectivity index (χ3v) is 5.90. The van der Waals surface area contributed by atoms with Gasteiger partial charge in [-0.1, -0.05) is 18.2 Å². The number of hydrogen-bond donors (Lipinski definition) is 2. The van der Waals surface area contributed by atoms with Crippen LogP contribution in [0.25, 0.3) is 10.6 Å². The molecule has 0 spiro atoms. The number of carboxylic acid groups (broad SMARTS) is 1. The van der Waals surface area contributed by atoms with Crippen LogP contribution in [0.3, 0.4) is 0 Å². The van der Waals surface area contributed by atoms with Crippen molar-refractivity contribution in [2.24, 2.45) is 5.92 Å². The number of carbonyl (C=O) groups is 2. The van der Waals surface area contributed by atoms with Gasteiger partial charge in [-0.25, -0.2) is 9.78 Å². The predicted octanol–water partition coefficient (Wildman–Crippen LogP) is 3.27. The summed E-state index contributed by atoms with van der Waals surface area (Å²) in [4.78, 5) is 27.3. The van der Waals surface area contributed by atoms with E-state index >= 15 is 0 Å². The van der Waals surface area contributed by atoms with Crippen molar-refractivity contribution < 1.29 is 14.7 Å². The average Bonchev–Trinajstić information content (AvgIpc) is 3.11. The zero-order chi connectivity index (χ0) is 16.9. The van der Waals surface area contributed by atoms with E-state index in [2.05, 4.69) is 10.3 Å². The van der Waals surface area contributed by atoms with Crippen LogP contribution in [-0.2, 0) is 11.3 Å². The molecule has 0 unspecified atom stereocenters. The van der Waals surface area contributed by atoms with E-state index in [0.717, 1.165) is 35.5 Å². The Balaban J connectivity index is 1.64. The standard InChI is InChI=1S/C17H18N2O3S2/c20-15(12-4-6-23-7-5-12)18-9-11-2-1-3-13(8-11)16-19-14(10-24-16)17(21)22/h1-3,8,10,12H,4-7,9H2,(H,18,20)(H,21,22). The molecule has 5 nitrogen and oxygen atoms in total. The van der Waals surface area contributed by atoms with Gasteiger partial charge in [-0.05, 0) is 36.0 Å². The fraction of sp³-hybridized carbons (Fsp3) is 0.353. The molecule has 0 atom stereocenters. The van der Waals surface area contributed by atoms with Crippen molar-refractivity contribution in [2.45, 2.75) is 19.4 Å². The Labute approximate surface area is 148 Å². The lowest BCUT2D eigenvalue weighted by Crippen LogP contribution is -2.32. The number of hydrogen-bond acceptors (Lipinski definition) is 5. The number of amides is 1. The summed E-state index contributed by atoms with van der Waals surface area (Å²) in [7, 11) is 0. The number of aromatic carboxylic acids is 1. The summed E-state index contributed by atoms with van der Waals surface area (Å²) in [6, 6.07) is 7.69. The lowest BCUT2D eigenvalue weighted by atomic mass is 10.0. The number of nitrogens with one attached hydrogen (secondary N) is 1. The second-order valence-corrected chi connectivity index (χ2v) is 7.73. The molecule has 0 saturated carbocycles. The van der Waals surface area contributed by atoms with Crippen molar-refractivity contribution in [2.75, 3.05) is 11.5 Å². The van der Waals surface area contributed by atoms with E-state index in [4.69, 9.17) is 5.11 Å². The fourth-order valence-corrected chi connectivity index (χ4v) is 4.51. The summed E-state index contributed by atoms with van der Waals surface area (Å²) < 4.78 is 0. The van der Waals surface area contributed by atoms with E-state index < -0.39 is 5.97 Å². The molecule has 1 aromatic carbocycles. The molecule has 1 aliphatic rings. The van der Waals surface area contributed by atoms with Crippen LogP contribution in [-0.4, -0.2) is 33.5 Å².